The van der Waals surface area contributed by atoms with Crippen LogP contribution >= 0.6 is 0 Å². The van der Waals surface area contributed by atoms with Gasteiger partial charge >= 0.3 is 5.97 Å². The molecular formula is C23H26O7. The van der Waals surface area contributed by atoms with Crippen molar-refractivity contribution >= 4 is 11.8 Å². The number of carbonyl (C=O) groups excluding carboxylic acids is 1. The van der Waals surface area contributed by atoms with Crippen LogP contribution in [0.4, 0.5) is 0 Å². The van der Waals surface area contributed by atoms with Gasteiger partial charge in [-0.25, -0.2) is 0 Å². The minimum atomic E-state index is -1.97. The Morgan fingerprint density at radius 2 is 1.80 bits per heavy atom. The van der Waals surface area contributed by atoms with Crippen LogP contribution in [0.25, 0.3) is 0 Å². The fraction of sp³-hybridized carbons (Fsp3) is 0.391. The molecule has 0 aromatic rings. The van der Waals surface area contributed by atoms with Gasteiger partial charge in [-0.1, -0.05) is 30.2 Å². The monoisotopic (exact) mass is 414 g/mol. The number of fused-ring (bicyclic) bond motifs is 4. The quantitative estimate of drug-likeness (QED) is 0.546. The molecule has 3 N–H and O–H groups in total. The topological polar surface area (TPSA) is 113 Å². The van der Waals surface area contributed by atoms with E-state index in [0.717, 1.165) is 11.1 Å². The number of ketones is 1. The molecule has 0 fully saturated rings. The summed E-state index contributed by atoms with van der Waals surface area (Å²) >= 11 is 0. The van der Waals surface area contributed by atoms with Crippen molar-refractivity contribution in [1.29, 1.82) is 0 Å². The summed E-state index contributed by atoms with van der Waals surface area (Å²) in [7, 11) is 0. The molecule has 0 saturated heterocycles. The van der Waals surface area contributed by atoms with Crippen molar-refractivity contribution in [3.63, 3.8) is 0 Å². The highest BCUT2D eigenvalue weighted by Gasteiger charge is 2.56. The summed E-state index contributed by atoms with van der Waals surface area (Å²) in [6.45, 7) is 8.44. The molecule has 160 valence electrons. The first-order valence-electron chi connectivity index (χ1n) is 9.71. The number of carbonyl (C=O) groups is 2. The largest absolute Gasteiger partial charge is 0.505 e. The van der Waals surface area contributed by atoms with E-state index < -0.39 is 40.7 Å². The molecule has 7 heteroatoms. The van der Waals surface area contributed by atoms with Gasteiger partial charge in [0.1, 0.15) is 5.76 Å². The minimum absolute atomic E-state index is 0.143. The molecule has 3 rings (SSSR count). The van der Waals surface area contributed by atoms with Gasteiger partial charge in [0.15, 0.2) is 28.8 Å². The second-order valence-electron chi connectivity index (χ2n) is 8.16. The molecule has 30 heavy (non-hydrogen) atoms. The fourth-order valence-corrected chi connectivity index (χ4v) is 3.81. The van der Waals surface area contributed by atoms with Crippen molar-refractivity contribution < 1.29 is 34.4 Å². The third-order valence-corrected chi connectivity index (χ3v) is 5.86. The number of aliphatic carboxylic acids is 1. The molecule has 3 heterocycles. The first-order valence-corrected chi connectivity index (χ1v) is 9.71. The van der Waals surface area contributed by atoms with Crippen LogP contribution in [0.15, 0.2) is 69.8 Å². The van der Waals surface area contributed by atoms with E-state index in [2.05, 4.69) is 0 Å². The highest BCUT2D eigenvalue weighted by molar-refractivity contribution is 6.01. The number of aliphatic hydroxyl groups is 2. The van der Waals surface area contributed by atoms with E-state index in [9.17, 15) is 24.9 Å². The van der Waals surface area contributed by atoms with E-state index in [4.69, 9.17) is 9.47 Å². The van der Waals surface area contributed by atoms with Crippen molar-refractivity contribution in [2.75, 3.05) is 0 Å². The van der Waals surface area contributed by atoms with E-state index >= 15 is 0 Å². The number of rotatable bonds is 1. The van der Waals surface area contributed by atoms with Gasteiger partial charge in [-0.15, -0.1) is 0 Å². The van der Waals surface area contributed by atoms with E-state index in [1.807, 2.05) is 19.9 Å². The molecular weight excluding hydrogens is 388 g/mol. The number of carboxylic acid groups (broad SMARTS) is 1. The molecule has 4 bridgehead atoms. The van der Waals surface area contributed by atoms with Crippen molar-refractivity contribution in [2.24, 2.45) is 11.8 Å². The smallest absolute Gasteiger partial charge is 0.318 e. The number of allylic oxidation sites excluding steroid dienone is 7. The van der Waals surface area contributed by atoms with Crippen LogP contribution in [-0.2, 0) is 19.1 Å². The third-order valence-electron chi connectivity index (χ3n) is 5.86. The molecule has 0 amide bonds. The van der Waals surface area contributed by atoms with Crippen LogP contribution in [0.3, 0.4) is 0 Å². The maximum atomic E-state index is 13.1. The molecule has 0 aromatic carbocycles. The van der Waals surface area contributed by atoms with Crippen molar-refractivity contribution in [3.8, 4) is 0 Å². The number of ether oxygens (including phenoxy) is 2. The standard InChI is InChI=1S/C23H26O7/c1-11-6-8-15-9-7-12(2)19(29-15)20-18(25)21(26)23(5,30-20)16(22(27)28)17(24)14(4)10-13(11)3/h6-9,14,16,25-26H,10H2,1-5H3,(H,27,28). The highest BCUT2D eigenvalue weighted by atomic mass is 16.6. The Hall–Kier alpha value is -3.22. The zero-order chi connectivity index (χ0) is 22.4. The van der Waals surface area contributed by atoms with Gasteiger partial charge in [0.05, 0.1) is 0 Å². The summed E-state index contributed by atoms with van der Waals surface area (Å²) in [4.78, 5) is 25.3. The Bertz CT molecular complexity index is 1000. The fourth-order valence-electron chi connectivity index (χ4n) is 3.81. The lowest BCUT2D eigenvalue weighted by Crippen LogP contribution is -2.48. The second kappa shape index (κ2) is 7.55. The Morgan fingerprint density at radius 1 is 1.13 bits per heavy atom. The van der Waals surface area contributed by atoms with Gasteiger partial charge < -0.3 is 24.8 Å². The maximum Gasteiger partial charge on any atom is 0.318 e. The summed E-state index contributed by atoms with van der Waals surface area (Å²) in [5.41, 5.74) is 0.486. The number of hydrogen-bond donors (Lipinski definition) is 3. The van der Waals surface area contributed by atoms with Gasteiger partial charge in [-0.05, 0) is 51.8 Å². The average molecular weight is 414 g/mol. The Balaban J connectivity index is 2.26. The first-order chi connectivity index (χ1) is 14.0. The third kappa shape index (κ3) is 3.44. The molecule has 0 saturated carbocycles. The molecule has 3 atom stereocenters. The lowest BCUT2D eigenvalue weighted by Gasteiger charge is -2.31. The van der Waals surface area contributed by atoms with E-state index in [0.29, 0.717) is 17.8 Å². The predicted octanol–water partition coefficient (Wildman–Crippen LogP) is 4.38. The van der Waals surface area contributed by atoms with Crippen LogP contribution in [0.1, 0.15) is 41.0 Å². The SMILES string of the molecule is CC1=CC=C2C=CC(C)=C(C)CC(C)C(=O)C(C(=O)O)C3(C)OC(=C1O2)C(O)=C3O. The van der Waals surface area contributed by atoms with Crippen LogP contribution in [0, 0.1) is 11.8 Å². The first kappa shape index (κ1) is 21.5. The zero-order valence-electron chi connectivity index (χ0n) is 17.6. The molecule has 3 aliphatic rings. The molecule has 7 nitrogen and oxygen atoms in total. The van der Waals surface area contributed by atoms with Gasteiger partial charge in [0.25, 0.3) is 0 Å². The maximum absolute atomic E-state index is 13.1. The number of aliphatic hydroxyl groups excluding tert-OH is 2. The molecule has 3 unspecified atom stereocenters. The summed E-state index contributed by atoms with van der Waals surface area (Å²) in [6.07, 6.45) is 7.47. The van der Waals surface area contributed by atoms with Gasteiger partial charge in [-0.3, -0.25) is 9.59 Å². The van der Waals surface area contributed by atoms with Crippen molar-refractivity contribution in [3.05, 3.63) is 69.8 Å². The Morgan fingerprint density at radius 3 is 2.43 bits per heavy atom. The molecule has 3 aliphatic heterocycles. The van der Waals surface area contributed by atoms with Gasteiger partial charge in [0.2, 0.25) is 11.5 Å². The summed E-state index contributed by atoms with van der Waals surface area (Å²) in [5.74, 6) is -5.32. The molecule has 0 aromatic heterocycles. The van der Waals surface area contributed by atoms with Crippen LogP contribution < -0.4 is 0 Å². The van der Waals surface area contributed by atoms with Crippen LogP contribution in [0.5, 0.6) is 0 Å². The van der Waals surface area contributed by atoms with Crippen molar-refractivity contribution in [2.45, 2.75) is 46.6 Å². The summed E-state index contributed by atoms with van der Waals surface area (Å²) < 4.78 is 11.7. The van der Waals surface area contributed by atoms with E-state index in [1.54, 1.807) is 32.1 Å². The Labute approximate surface area is 175 Å². The minimum Gasteiger partial charge on any atom is -0.505 e. The van der Waals surface area contributed by atoms with Gasteiger partial charge in [0, 0.05) is 5.92 Å². The summed E-state index contributed by atoms with van der Waals surface area (Å²) in [6, 6.07) is 0. The van der Waals surface area contributed by atoms with Crippen LogP contribution in [0.2, 0.25) is 0 Å². The summed E-state index contributed by atoms with van der Waals surface area (Å²) in [5, 5.41) is 31.1. The normalized spacial score (nSPS) is 29.8. The van der Waals surface area contributed by atoms with E-state index in [-0.39, 0.29) is 11.5 Å². The number of hydrogen-bond acceptors (Lipinski definition) is 6. The van der Waals surface area contributed by atoms with Crippen LogP contribution in [-0.4, -0.2) is 32.7 Å². The molecule has 0 spiro atoms. The number of carboxylic acids is 1. The lowest BCUT2D eigenvalue weighted by atomic mass is 9.78. The lowest BCUT2D eigenvalue weighted by molar-refractivity contribution is -0.158. The molecule has 0 radical (unpaired) electrons. The average Bonchev–Trinajstić information content (AvgIpc) is 2.90. The van der Waals surface area contributed by atoms with Gasteiger partial charge in [-0.2, -0.15) is 0 Å². The highest BCUT2D eigenvalue weighted by Crippen LogP contribution is 2.45. The Kier molecular flexibility index (Phi) is 5.41. The molecule has 0 aliphatic carbocycles. The second-order valence-corrected chi connectivity index (χ2v) is 8.16. The predicted molar refractivity (Wildman–Crippen MR) is 109 cm³/mol. The zero-order valence-corrected chi connectivity index (χ0v) is 17.6. The van der Waals surface area contributed by atoms with Crippen molar-refractivity contribution in [1.82, 2.24) is 0 Å². The number of Topliss-reactive ketones (excluding diaryl/α,β-unsaturated/α-hetero) is 1. The van der Waals surface area contributed by atoms with E-state index in [1.165, 1.54) is 6.92 Å².